The summed E-state index contributed by atoms with van der Waals surface area (Å²) >= 11 is 0. The van der Waals surface area contributed by atoms with Crippen LogP contribution in [0, 0.1) is 0 Å². The van der Waals surface area contributed by atoms with Gasteiger partial charge in [-0.3, -0.25) is 4.98 Å². The second-order valence-electron chi connectivity index (χ2n) is 3.93. The highest BCUT2D eigenvalue weighted by Gasteiger charge is 2.29. The van der Waals surface area contributed by atoms with E-state index in [1.54, 1.807) is 12.1 Å². The molecule has 1 atom stereocenters. The van der Waals surface area contributed by atoms with Crippen molar-refractivity contribution in [3.8, 4) is 0 Å². The summed E-state index contributed by atoms with van der Waals surface area (Å²) in [7, 11) is 1.38. The third-order valence-corrected chi connectivity index (χ3v) is 2.45. The smallest absolute Gasteiger partial charge is 0.364 e. The molecule has 0 aliphatic heterocycles. The van der Waals surface area contributed by atoms with Crippen molar-refractivity contribution in [2.24, 2.45) is 5.73 Å². The standard InChI is InChI=1S/C11H16F3N3/c1-3-9(15)10-5-4-8(6-16-10)17(2)7-11(12,13)14/h4-6,9H,3,7,15H2,1-2H3/t9-/m1/s1. The minimum absolute atomic E-state index is 0.169. The van der Waals surface area contributed by atoms with E-state index in [4.69, 9.17) is 5.73 Å². The molecule has 0 aliphatic rings. The van der Waals surface area contributed by atoms with Gasteiger partial charge >= 0.3 is 6.18 Å². The topological polar surface area (TPSA) is 42.1 Å². The molecular formula is C11H16F3N3. The fourth-order valence-electron chi connectivity index (χ4n) is 1.41. The monoisotopic (exact) mass is 247 g/mol. The van der Waals surface area contributed by atoms with Crippen LogP contribution in [-0.4, -0.2) is 24.8 Å². The Balaban J connectivity index is 2.74. The zero-order valence-electron chi connectivity index (χ0n) is 9.83. The van der Waals surface area contributed by atoms with Crippen LogP contribution in [-0.2, 0) is 0 Å². The molecule has 6 heteroatoms. The van der Waals surface area contributed by atoms with Crippen LogP contribution in [0.1, 0.15) is 25.1 Å². The fraction of sp³-hybridized carbons (Fsp3) is 0.545. The Morgan fingerprint density at radius 3 is 2.47 bits per heavy atom. The van der Waals surface area contributed by atoms with Gasteiger partial charge < -0.3 is 10.6 Å². The number of hydrogen-bond acceptors (Lipinski definition) is 3. The summed E-state index contributed by atoms with van der Waals surface area (Å²) in [5.41, 5.74) is 6.88. The molecule has 0 fully saturated rings. The molecule has 0 aliphatic carbocycles. The maximum Gasteiger partial charge on any atom is 0.405 e. The summed E-state index contributed by atoms with van der Waals surface area (Å²) in [5, 5.41) is 0. The van der Waals surface area contributed by atoms with Crippen molar-refractivity contribution in [2.45, 2.75) is 25.6 Å². The number of halogens is 3. The van der Waals surface area contributed by atoms with E-state index < -0.39 is 12.7 Å². The summed E-state index contributed by atoms with van der Waals surface area (Å²) in [6.45, 7) is 0.934. The molecule has 0 saturated heterocycles. The van der Waals surface area contributed by atoms with Crippen LogP contribution in [0.25, 0.3) is 0 Å². The van der Waals surface area contributed by atoms with E-state index in [9.17, 15) is 13.2 Å². The van der Waals surface area contributed by atoms with Gasteiger partial charge in [-0.2, -0.15) is 13.2 Å². The molecule has 0 spiro atoms. The Labute approximate surface area is 98.4 Å². The molecule has 0 unspecified atom stereocenters. The first-order chi connectivity index (χ1) is 7.83. The minimum Gasteiger partial charge on any atom is -0.364 e. The quantitative estimate of drug-likeness (QED) is 0.888. The molecule has 17 heavy (non-hydrogen) atoms. The lowest BCUT2D eigenvalue weighted by molar-refractivity contribution is -0.119. The molecule has 0 amide bonds. The Hall–Kier alpha value is -1.30. The van der Waals surface area contributed by atoms with Gasteiger partial charge in [-0.15, -0.1) is 0 Å². The molecule has 3 nitrogen and oxygen atoms in total. The lowest BCUT2D eigenvalue weighted by Gasteiger charge is -2.21. The van der Waals surface area contributed by atoms with E-state index >= 15 is 0 Å². The zero-order valence-corrected chi connectivity index (χ0v) is 9.83. The fourth-order valence-corrected chi connectivity index (χ4v) is 1.41. The van der Waals surface area contributed by atoms with Gasteiger partial charge in [0.15, 0.2) is 0 Å². The maximum absolute atomic E-state index is 12.2. The van der Waals surface area contributed by atoms with Crippen LogP contribution in [0.3, 0.4) is 0 Å². The van der Waals surface area contributed by atoms with Crippen LogP contribution in [0.4, 0.5) is 18.9 Å². The summed E-state index contributed by atoms with van der Waals surface area (Å²) in [5.74, 6) is 0. The van der Waals surface area contributed by atoms with E-state index in [-0.39, 0.29) is 6.04 Å². The number of nitrogens with two attached hydrogens (primary N) is 1. The highest BCUT2D eigenvalue weighted by Crippen LogP contribution is 2.21. The number of anilines is 1. The van der Waals surface area contributed by atoms with Gasteiger partial charge in [0.2, 0.25) is 0 Å². The molecule has 1 aromatic heterocycles. The van der Waals surface area contributed by atoms with Gasteiger partial charge in [0, 0.05) is 13.1 Å². The summed E-state index contributed by atoms with van der Waals surface area (Å²) in [6.07, 6.45) is -2.06. The van der Waals surface area contributed by atoms with Crippen LogP contribution in [0.5, 0.6) is 0 Å². The maximum atomic E-state index is 12.2. The average Bonchev–Trinajstić information content (AvgIpc) is 2.26. The van der Waals surface area contributed by atoms with E-state index in [1.165, 1.54) is 13.2 Å². The van der Waals surface area contributed by atoms with Gasteiger partial charge in [0.05, 0.1) is 17.6 Å². The molecule has 1 aromatic rings. The predicted octanol–water partition coefficient (Wildman–Crippen LogP) is 2.49. The number of nitrogens with zero attached hydrogens (tertiary/aromatic N) is 2. The van der Waals surface area contributed by atoms with Crippen molar-refractivity contribution < 1.29 is 13.2 Å². The Morgan fingerprint density at radius 2 is 2.06 bits per heavy atom. The van der Waals surface area contributed by atoms with Crippen LogP contribution in [0.15, 0.2) is 18.3 Å². The van der Waals surface area contributed by atoms with E-state index in [0.29, 0.717) is 11.4 Å². The Kier molecular flexibility index (Phi) is 4.34. The molecule has 96 valence electrons. The largest absolute Gasteiger partial charge is 0.405 e. The first-order valence-electron chi connectivity index (χ1n) is 5.33. The first-order valence-corrected chi connectivity index (χ1v) is 5.33. The van der Waals surface area contributed by atoms with Crippen molar-refractivity contribution in [3.05, 3.63) is 24.0 Å². The number of aromatic nitrogens is 1. The lowest BCUT2D eigenvalue weighted by Crippen LogP contribution is -2.30. The number of rotatable bonds is 4. The summed E-state index contributed by atoms with van der Waals surface area (Å²) < 4.78 is 36.5. The highest BCUT2D eigenvalue weighted by molar-refractivity contribution is 5.44. The van der Waals surface area contributed by atoms with Crippen molar-refractivity contribution in [3.63, 3.8) is 0 Å². The van der Waals surface area contributed by atoms with Crippen LogP contribution in [0.2, 0.25) is 0 Å². The SMILES string of the molecule is CC[C@@H](N)c1ccc(N(C)CC(F)(F)F)cn1. The third-order valence-electron chi connectivity index (χ3n) is 2.45. The first kappa shape index (κ1) is 13.8. The van der Waals surface area contributed by atoms with Gasteiger partial charge in [0.25, 0.3) is 0 Å². The molecule has 0 radical (unpaired) electrons. The van der Waals surface area contributed by atoms with Gasteiger partial charge in [-0.25, -0.2) is 0 Å². The van der Waals surface area contributed by atoms with Crippen molar-refractivity contribution in [1.82, 2.24) is 4.98 Å². The lowest BCUT2D eigenvalue weighted by atomic mass is 10.1. The van der Waals surface area contributed by atoms with Gasteiger partial charge in [-0.05, 0) is 18.6 Å². The predicted molar refractivity (Wildman–Crippen MR) is 60.8 cm³/mol. The number of pyridine rings is 1. The normalized spacial score (nSPS) is 13.5. The minimum atomic E-state index is -4.22. The molecule has 2 N–H and O–H groups in total. The number of hydrogen-bond donors (Lipinski definition) is 1. The summed E-state index contributed by atoms with van der Waals surface area (Å²) in [6, 6.07) is 3.09. The molecule has 0 saturated carbocycles. The second kappa shape index (κ2) is 5.35. The van der Waals surface area contributed by atoms with Crippen molar-refractivity contribution in [2.75, 3.05) is 18.5 Å². The van der Waals surface area contributed by atoms with Crippen LogP contribution < -0.4 is 10.6 Å². The highest BCUT2D eigenvalue weighted by atomic mass is 19.4. The molecule has 1 rings (SSSR count). The van der Waals surface area contributed by atoms with Crippen molar-refractivity contribution in [1.29, 1.82) is 0 Å². The average molecular weight is 247 g/mol. The molecule has 0 bridgehead atoms. The van der Waals surface area contributed by atoms with E-state index in [1.807, 2.05) is 6.92 Å². The van der Waals surface area contributed by atoms with Crippen LogP contribution >= 0.6 is 0 Å². The Morgan fingerprint density at radius 1 is 1.41 bits per heavy atom. The van der Waals surface area contributed by atoms with Gasteiger partial charge in [-0.1, -0.05) is 6.92 Å². The van der Waals surface area contributed by atoms with E-state index in [2.05, 4.69) is 4.98 Å². The molecular weight excluding hydrogens is 231 g/mol. The summed E-state index contributed by atoms with van der Waals surface area (Å²) in [4.78, 5) is 5.17. The molecule has 1 heterocycles. The third kappa shape index (κ3) is 4.22. The molecule has 0 aromatic carbocycles. The second-order valence-corrected chi connectivity index (χ2v) is 3.93. The Bertz CT molecular complexity index is 348. The van der Waals surface area contributed by atoms with Gasteiger partial charge in [0.1, 0.15) is 6.54 Å². The van der Waals surface area contributed by atoms with E-state index in [0.717, 1.165) is 11.3 Å². The number of alkyl halides is 3. The zero-order chi connectivity index (χ0) is 13.1. The van der Waals surface area contributed by atoms with Crippen molar-refractivity contribution >= 4 is 5.69 Å².